The van der Waals surface area contributed by atoms with E-state index in [1.165, 1.54) is 0 Å². The summed E-state index contributed by atoms with van der Waals surface area (Å²) >= 11 is 0. The predicted octanol–water partition coefficient (Wildman–Crippen LogP) is 3.03. The number of ether oxygens (including phenoxy) is 1. The van der Waals surface area contributed by atoms with Crippen LogP contribution in [0, 0.1) is 0 Å². The van der Waals surface area contributed by atoms with Crippen molar-refractivity contribution in [3.8, 4) is 17.0 Å². The predicted molar refractivity (Wildman–Crippen MR) is 94.6 cm³/mol. The summed E-state index contributed by atoms with van der Waals surface area (Å²) in [6.45, 7) is 0.544. The summed E-state index contributed by atoms with van der Waals surface area (Å²) in [5.41, 5.74) is 4.35. The van der Waals surface area contributed by atoms with Crippen LogP contribution in [0.5, 0.6) is 5.75 Å². The number of amides is 1. The second kappa shape index (κ2) is 5.04. The second-order valence-corrected chi connectivity index (χ2v) is 6.05. The molecule has 0 saturated carbocycles. The number of methoxy groups -OCH3 is 1. The van der Waals surface area contributed by atoms with Crippen LogP contribution in [-0.4, -0.2) is 28.0 Å². The van der Waals surface area contributed by atoms with E-state index in [1.807, 2.05) is 30.5 Å². The van der Waals surface area contributed by atoms with Crippen LogP contribution in [0.1, 0.15) is 16.1 Å². The van der Waals surface area contributed by atoms with Crippen LogP contribution in [-0.2, 0) is 6.54 Å². The molecular weight excluding hydrogens is 316 g/mol. The van der Waals surface area contributed by atoms with Gasteiger partial charge in [-0.2, -0.15) is 0 Å². The number of H-pyrrole nitrogens is 1. The maximum absolute atomic E-state index is 12.1. The summed E-state index contributed by atoms with van der Waals surface area (Å²) in [6.07, 6.45) is 5.27. The summed E-state index contributed by atoms with van der Waals surface area (Å²) in [7, 11) is 1.61. The number of carbonyl (C=O) groups is 1. The number of hydrogen-bond donors (Lipinski definition) is 2. The minimum Gasteiger partial charge on any atom is -0.495 e. The van der Waals surface area contributed by atoms with Crippen LogP contribution in [0.3, 0.4) is 0 Å². The molecule has 6 heteroatoms. The van der Waals surface area contributed by atoms with E-state index in [1.54, 1.807) is 19.5 Å². The molecule has 0 fully saturated rings. The van der Waals surface area contributed by atoms with Crippen LogP contribution < -0.4 is 10.1 Å². The van der Waals surface area contributed by atoms with Crippen molar-refractivity contribution in [2.75, 3.05) is 7.11 Å². The van der Waals surface area contributed by atoms with Crippen molar-refractivity contribution in [1.29, 1.82) is 0 Å². The molecular formula is C19H14N4O2. The Morgan fingerprint density at radius 2 is 2.04 bits per heavy atom. The van der Waals surface area contributed by atoms with E-state index in [-0.39, 0.29) is 5.91 Å². The van der Waals surface area contributed by atoms with Crippen LogP contribution in [0.4, 0.5) is 0 Å². The number of nitrogens with zero attached hydrogens (tertiary/aromatic N) is 2. The molecule has 25 heavy (non-hydrogen) atoms. The normalized spacial score (nSPS) is 13.2. The van der Waals surface area contributed by atoms with E-state index in [9.17, 15) is 4.79 Å². The van der Waals surface area contributed by atoms with E-state index in [2.05, 4.69) is 20.3 Å². The first-order valence-electron chi connectivity index (χ1n) is 7.95. The molecule has 4 aromatic rings. The largest absolute Gasteiger partial charge is 0.495 e. The molecule has 0 saturated heterocycles. The van der Waals surface area contributed by atoms with Crippen molar-refractivity contribution in [2.45, 2.75) is 6.54 Å². The molecule has 0 unspecified atom stereocenters. The Kier molecular flexibility index (Phi) is 2.82. The monoisotopic (exact) mass is 330 g/mol. The van der Waals surface area contributed by atoms with Gasteiger partial charge < -0.3 is 15.0 Å². The van der Waals surface area contributed by atoms with Crippen molar-refractivity contribution < 1.29 is 9.53 Å². The molecule has 2 N–H and O–H groups in total. The van der Waals surface area contributed by atoms with Gasteiger partial charge in [-0.15, -0.1) is 0 Å². The maximum Gasteiger partial charge on any atom is 0.254 e. The van der Waals surface area contributed by atoms with Gasteiger partial charge in [0.25, 0.3) is 5.91 Å². The zero-order valence-corrected chi connectivity index (χ0v) is 13.5. The van der Waals surface area contributed by atoms with Gasteiger partial charge in [-0.1, -0.05) is 12.1 Å². The lowest BCUT2D eigenvalue weighted by Gasteiger charge is -2.06. The smallest absolute Gasteiger partial charge is 0.254 e. The average Bonchev–Trinajstić information content (AvgIpc) is 3.21. The van der Waals surface area contributed by atoms with Crippen LogP contribution in [0.2, 0.25) is 0 Å². The van der Waals surface area contributed by atoms with Gasteiger partial charge in [0.1, 0.15) is 5.75 Å². The molecule has 5 rings (SSSR count). The Morgan fingerprint density at radius 3 is 2.92 bits per heavy atom. The molecule has 0 atom stereocenters. The van der Waals surface area contributed by atoms with E-state index >= 15 is 0 Å². The fourth-order valence-corrected chi connectivity index (χ4v) is 3.41. The summed E-state index contributed by atoms with van der Waals surface area (Å²) < 4.78 is 5.25. The van der Waals surface area contributed by atoms with E-state index in [0.29, 0.717) is 12.3 Å². The van der Waals surface area contributed by atoms with Crippen LogP contribution in [0.15, 0.2) is 42.9 Å². The fraction of sp³-hybridized carbons (Fsp3) is 0.105. The lowest BCUT2D eigenvalue weighted by Crippen LogP contribution is -2.13. The first-order valence-corrected chi connectivity index (χ1v) is 7.95. The van der Waals surface area contributed by atoms with Gasteiger partial charge in [-0.3, -0.25) is 14.8 Å². The number of benzene rings is 1. The van der Waals surface area contributed by atoms with Gasteiger partial charge in [-0.05, 0) is 12.1 Å². The van der Waals surface area contributed by atoms with Gasteiger partial charge in [0.2, 0.25) is 0 Å². The highest BCUT2D eigenvalue weighted by molar-refractivity contribution is 6.16. The maximum atomic E-state index is 12.1. The molecule has 3 aromatic heterocycles. The Hall–Kier alpha value is -3.41. The molecule has 6 nitrogen and oxygen atoms in total. The Balaban J connectivity index is 1.77. The third-order valence-corrected chi connectivity index (χ3v) is 4.65. The number of aromatic amines is 1. The van der Waals surface area contributed by atoms with Gasteiger partial charge in [0.15, 0.2) is 0 Å². The quantitative estimate of drug-likeness (QED) is 0.592. The van der Waals surface area contributed by atoms with Crippen LogP contribution in [0.25, 0.3) is 32.9 Å². The van der Waals surface area contributed by atoms with Crippen molar-refractivity contribution in [3.05, 3.63) is 54.1 Å². The highest BCUT2D eigenvalue weighted by Gasteiger charge is 2.24. The Morgan fingerprint density at radius 1 is 1.12 bits per heavy atom. The van der Waals surface area contributed by atoms with Crippen molar-refractivity contribution >= 4 is 27.6 Å². The molecule has 1 aromatic carbocycles. The molecule has 0 spiro atoms. The zero-order valence-electron chi connectivity index (χ0n) is 13.5. The number of aromatic nitrogens is 3. The Bertz CT molecular complexity index is 1160. The van der Waals surface area contributed by atoms with Gasteiger partial charge in [-0.25, -0.2) is 0 Å². The number of fused-ring (bicyclic) bond motifs is 5. The number of pyridine rings is 2. The minimum atomic E-state index is -0.0214. The standard InChI is InChI=1S/C19H14N4O2/c1-25-12-4-11(6-20-8-12)15-5-14-10(7-21-15)2-3-13-17-16(23-18(13)14)9-22-19(17)24/h2-8,23H,9H2,1H3,(H,22,24). The number of nitrogens with one attached hydrogen (secondary N) is 2. The van der Waals surface area contributed by atoms with Crippen molar-refractivity contribution in [1.82, 2.24) is 20.3 Å². The number of rotatable bonds is 2. The average molecular weight is 330 g/mol. The van der Waals surface area contributed by atoms with Gasteiger partial charge in [0, 0.05) is 39.8 Å². The highest BCUT2D eigenvalue weighted by atomic mass is 16.5. The van der Waals surface area contributed by atoms with Crippen molar-refractivity contribution in [3.63, 3.8) is 0 Å². The highest BCUT2D eigenvalue weighted by Crippen LogP contribution is 2.33. The van der Waals surface area contributed by atoms with E-state index < -0.39 is 0 Å². The molecule has 0 aliphatic carbocycles. The lowest BCUT2D eigenvalue weighted by atomic mass is 10.0. The molecule has 4 heterocycles. The van der Waals surface area contributed by atoms with E-state index in [4.69, 9.17) is 4.74 Å². The Labute approximate surface area is 142 Å². The number of hydrogen-bond acceptors (Lipinski definition) is 4. The third-order valence-electron chi connectivity index (χ3n) is 4.65. The SMILES string of the molecule is COc1cncc(-c2cc3c(ccc4c5c([nH]c43)CNC5=O)cn2)c1. The summed E-state index contributed by atoms with van der Waals surface area (Å²) in [6, 6.07) is 7.91. The van der Waals surface area contributed by atoms with Crippen LogP contribution >= 0.6 is 0 Å². The molecule has 122 valence electrons. The second-order valence-electron chi connectivity index (χ2n) is 6.05. The molecule has 1 amide bonds. The molecule has 0 bridgehead atoms. The molecule has 1 aliphatic heterocycles. The topological polar surface area (TPSA) is 79.9 Å². The third kappa shape index (κ3) is 2.00. The fourth-order valence-electron chi connectivity index (χ4n) is 3.41. The zero-order chi connectivity index (χ0) is 17.0. The summed E-state index contributed by atoms with van der Waals surface area (Å²) in [5, 5.41) is 5.85. The first kappa shape index (κ1) is 14.0. The van der Waals surface area contributed by atoms with Gasteiger partial charge in [0.05, 0.1) is 36.6 Å². The lowest BCUT2D eigenvalue weighted by molar-refractivity contribution is 0.0967. The summed E-state index contributed by atoms with van der Waals surface area (Å²) in [4.78, 5) is 24.2. The summed E-state index contributed by atoms with van der Waals surface area (Å²) in [5.74, 6) is 0.667. The number of carbonyl (C=O) groups excluding carboxylic acids is 1. The van der Waals surface area contributed by atoms with E-state index in [0.717, 1.165) is 44.2 Å². The first-order chi connectivity index (χ1) is 12.2. The minimum absolute atomic E-state index is 0.0214. The molecule has 0 radical (unpaired) electrons. The molecule has 1 aliphatic rings. The van der Waals surface area contributed by atoms with Crippen molar-refractivity contribution in [2.24, 2.45) is 0 Å². The van der Waals surface area contributed by atoms with Gasteiger partial charge >= 0.3 is 0 Å².